The summed E-state index contributed by atoms with van der Waals surface area (Å²) >= 11 is 1.10. The highest BCUT2D eigenvalue weighted by Crippen LogP contribution is 2.22. The van der Waals surface area contributed by atoms with E-state index in [1.807, 2.05) is 30.3 Å². The zero-order chi connectivity index (χ0) is 20.1. The van der Waals surface area contributed by atoms with Gasteiger partial charge in [-0.1, -0.05) is 30.3 Å². The van der Waals surface area contributed by atoms with Crippen molar-refractivity contribution in [2.24, 2.45) is 0 Å². The Morgan fingerprint density at radius 1 is 1.29 bits per heavy atom. The van der Waals surface area contributed by atoms with E-state index in [2.05, 4.69) is 10.3 Å². The summed E-state index contributed by atoms with van der Waals surface area (Å²) in [5.41, 5.74) is 0.297. The molecule has 8 nitrogen and oxygen atoms in total. The zero-order valence-electron chi connectivity index (χ0n) is 15.2. The monoisotopic (exact) mass is 401 g/mol. The lowest BCUT2D eigenvalue weighted by atomic mass is 10.1. The maximum atomic E-state index is 13.1. The topological polar surface area (TPSA) is 111 Å². The molecule has 0 aliphatic heterocycles. The van der Waals surface area contributed by atoms with Crippen molar-refractivity contribution in [3.05, 3.63) is 63.0 Å². The number of ether oxygens (including phenoxy) is 1. The number of aromatic carboxylic acids is 1. The third-order valence-corrected chi connectivity index (χ3v) is 5.01. The van der Waals surface area contributed by atoms with E-state index in [9.17, 15) is 19.5 Å². The van der Waals surface area contributed by atoms with Crippen LogP contribution in [0.3, 0.4) is 0 Å². The van der Waals surface area contributed by atoms with Crippen molar-refractivity contribution in [3.8, 4) is 0 Å². The second kappa shape index (κ2) is 8.77. The van der Waals surface area contributed by atoms with Crippen molar-refractivity contribution in [2.45, 2.75) is 13.0 Å². The van der Waals surface area contributed by atoms with Crippen LogP contribution in [0.25, 0.3) is 10.2 Å². The Morgan fingerprint density at radius 2 is 2.04 bits per heavy atom. The van der Waals surface area contributed by atoms with Gasteiger partial charge in [0.05, 0.1) is 17.6 Å². The van der Waals surface area contributed by atoms with Gasteiger partial charge in [-0.05, 0) is 5.56 Å². The molecular weight excluding hydrogens is 382 g/mol. The van der Waals surface area contributed by atoms with Crippen LogP contribution in [0.15, 0.2) is 40.5 Å². The lowest BCUT2D eigenvalue weighted by Crippen LogP contribution is -2.36. The maximum Gasteiger partial charge on any atom is 0.337 e. The third kappa shape index (κ3) is 4.26. The quantitative estimate of drug-likeness (QED) is 0.554. The van der Waals surface area contributed by atoms with Crippen molar-refractivity contribution in [1.82, 2.24) is 14.9 Å². The second-order valence-corrected chi connectivity index (χ2v) is 6.92. The largest absolute Gasteiger partial charge is 0.478 e. The van der Waals surface area contributed by atoms with E-state index in [0.29, 0.717) is 30.2 Å². The molecular formula is C19H19N3O5S. The van der Waals surface area contributed by atoms with Crippen LogP contribution < -0.4 is 10.9 Å². The molecule has 1 aromatic carbocycles. The first-order valence-corrected chi connectivity index (χ1v) is 9.43. The standard InChI is InChI=1S/C19H19N3O5S/c1-27-8-7-20-15(23)10-22-14(9-12-5-3-2-4-6-12)21-17-16(18(22)24)13(11-28-17)19(25)26/h2-6,11H,7-10H2,1H3,(H,20,23)(H,25,26). The Bertz CT molecular complexity index is 1060. The minimum atomic E-state index is -1.20. The molecule has 3 rings (SSSR count). The molecule has 0 saturated carbocycles. The molecule has 3 aromatic rings. The minimum Gasteiger partial charge on any atom is -0.478 e. The van der Waals surface area contributed by atoms with Crippen LogP contribution in [0.2, 0.25) is 0 Å². The van der Waals surface area contributed by atoms with Crippen LogP contribution in [0.5, 0.6) is 0 Å². The molecule has 1 amide bonds. The molecule has 0 bridgehead atoms. The van der Waals surface area contributed by atoms with E-state index < -0.39 is 11.5 Å². The smallest absolute Gasteiger partial charge is 0.337 e. The van der Waals surface area contributed by atoms with E-state index in [-0.39, 0.29) is 23.4 Å². The number of fused-ring (bicyclic) bond motifs is 1. The lowest BCUT2D eigenvalue weighted by Gasteiger charge is -2.13. The highest BCUT2D eigenvalue weighted by atomic mass is 32.1. The second-order valence-electron chi connectivity index (χ2n) is 6.06. The van der Waals surface area contributed by atoms with Crippen LogP contribution in [0.4, 0.5) is 0 Å². The Balaban J connectivity index is 2.05. The lowest BCUT2D eigenvalue weighted by molar-refractivity contribution is -0.121. The van der Waals surface area contributed by atoms with Crippen molar-refractivity contribution >= 4 is 33.4 Å². The normalized spacial score (nSPS) is 10.9. The number of carboxylic acids is 1. The Morgan fingerprint density at radius 3 is 2.71 bits per heavy atom. The maximum absolute atomic E-state index is 13.1. The van der Waals surface area contributed by atoms with Gasteiger partial charge in [0.1, 0.15) is 17.2 Å². The van der Waals surface area contributed by atoms with Crippen molar-refractivity contribution in [1.29, 1.82) is 0 Å². The number of aromatic nitrogens is 2. The number of rotatable bonds is 8. The highest BCUT2D eigenvalue weighted by molar-refractivity contribution is 7.17. The van der Waals surface area contributed by atoms with Gasteiger partial charge in [0.2, 0.25) is 5.91 Å². The fraction of sp³-hybridized carbons (Fsp3) is 0.263. The number of nitrogens with zero attached hydrogens (tertiary/aromatic N) is 2. The van der Waals surface area contributed by atoms with Crippen LogP contribution in [-0.4, -0.2) is 46.8 Å². The molecule has 0 spiro atoms. The molecule has 0 unspecified atom stereocenters. The molecule has 0 aliphatic rings. The van der Waals surface area contributed by atoms with Gasteiger partial charge in [0.25, 0.3) is 5.56 Å². The van der Waals surface area contributed by atoms with Gasteiger partial charge in [-0.2, -0.15) is 0 Å². The van der Waals surface area contributed by atoms with Gasteiger partial charge < -0.3 is 15.2 Å². The van der Waals surface area contributed by atoms with Gasteiger partial charge in [0.15, 0.2) is 0 Å². The average Bonchev–Trinajstić information content (AvgIpc) is 3.10. The van der Waals surface area contributed by atoms with Crippen molar-refractivity contribution in [3.63, 3.8) is 0 Å². The van der Waals surface area contributed by atoms with Crippen LogP contribution in [0.1, 0.15) is 21.7 Å². The Kier molecular flexibility index (Phi) is 6.17. The summed E-state index contributed by atoms with van der Waals surface area (Å²) in [5.74, 6) is -1.16. The predicted octanol–water partition coefficient (Wildman–Crippen LogP) is 1.51. The third-order valence-electron chi connectivity index (χ3n) is 4.14. The number of carboxylic acid groups (broad SMARTS) is 1. The number of carbonyl (C=O) groups excluding carboxylic acids is 1. The number of benzene rings is 1. The van der Waals surface area contributed by atoms with Crippen LogP contribution >= 0.6 is 11.3 Å². The first-order chi connectivity index (χ1) is 13.5. The average molecular weight is 401 g/mol. The zero-order valence-corrected chi connectivity index (χ0v) is 16.0. The molecule has 146 valence electrons. The Hall–Kier alpha value is -3.04. The van der Waals surface area contributed by atoms with Crippen LogP contribution in [0, 0.1) is 0 Å². The molecule has 2 heterocycles. The minimum absolute atomic E-state index is 0.0269. The number of nitrogens with one attached hydrogen (secondary N) is 1. The molecule has 0 radical (unpaired) electrons. The van der Waals surface area contributed by atoms with Gasteiger partial charge in [-0.25, -0.2) is 9.78 Å². The molecule has 9 heteroatoms. The van der Waals surface area contributed by atoms with Gasteiger partial charge in [-0.15, -0.1) is 11.3 Å². The van der Waals surface area contributed by atoms with E-state index >= 15 is 0 Å². The SMILES string of the molecule is COCCNC(=O)Cn1c(Cc2ccccc2)nc2scc(C(=O)O)c2c1=O. The summed E-state index contributed by atoms with van der Waals surface area (Å²) in [5, 5.41) is 13.4. The molecule has 28 heavy (non-hydrogen) atoms. The number of amides is 1. The summed E-state index contributed by atoms with van der Waals surface area (Å²) in [6.07, 6.45) is 0.345. The molecule has 0 fully saturated rings. The number of hydrogen-bond donors (Lipinski definition) is 2. The summed E-state index contributed by atoms with van der Waals surface area (Å²) in [7, 11) is 1.52. The van der Waals surface area contributed by atoms with E-state index in [4.69, 9.17) is 4.74 Å². The van der Waals surface area contributed by atoms with Gasteiger partial charge >= 0.3 is 5.97 Å². The van der Waals surface area contributed by atoms with Crippen LogP contribution in [-0.2, 0) is 22.5 Å². The number of hydrogen-bond acceptors (Lipinski definition) is 6. The molecule has 0 aliphatic carbocycles. The Labute approximate surface area is 164 Å². The van der Waals surface area contributed by atoms with E-state index in [1.165, 1.54) is 17.1 Å². The van der Waals surface area contributed by atoms with Crippen molar-refractivity contribution in [2.75, 3.05) is 20.3 Å². The number of methoxy groups -OCH3 is 1. The van der Waals surface area contributed by atoms with Crippen molar-refractivity contribution < 1.29 is 19.4 Å². The fourth-order valence-corrected chi connectivity index (χ4v) is 3.71. The molecule has 2 N–H and O–H groups in total. The highest BCUT2D eigenvalue weighted by Gasteiger charge is 2.20. The van der Waals surface area contributed by atoms with E-state index in [0.717, 1.165) is 16.9 Å². The fourth-order valence-electron chi connectivity index (χ4n) is 2.79. The summed E-state index contributed by atoms with van der Waals surface area (Å²) in [6, 6.07) is 9.44. The summed E-state index contributed by atoms with van der Waals surface area (Å²) < 4.78 is 6.15. The molecule has 2 aromatic heterocycles. The van der Waals surface area contributed by atoms with Gasteiger partial charge in [0, 0.05) is 25.5 Å². The van der Waals surface area contributed by atoms with Gasteiger partial charge in [-0.3, -0.25) is 14.2 Å². The first kappa shape index (κ1) is 19.7. The summed E-state index contributed by atoms with van der Waals surface area (Å²) in [6.45, 7) is 0.414. The molecule has 0 saturated heterocycles. The number of carbonyl (C=O) groups is 2. The predicted molar refractivity (Wildman–Crippen MR) is 105 cm³/mol. The molecule has 0 atom stereocenters. The first-order valence-electron chi connectivity index (χ1n) is 8.55. The summed E-state index contributed by atoms with van der Waals surface area (Å²) in [4.78, 5) is 41.6. The number of thiophene rings is 1. The van der Waals surface area contributed by atoms with E-state index in [1.54, 1.807) is 0 Å².